The van der Waals surface area contributed by atoms with Crippen LogP contribution in [0.15, 0.2) is 18.2 Å². The van der Waals surface area contributed by atoms with E-state index in [1.165, 1.54) is 18.2 Å². The maximum absolute atomic E-state index is 13.5. The van der Waals surface area contributed by atoms with Gasteiger partial charge in [-0.25, -0.2) is 9.37 Å². The summed E-state index contributed by atoms with van der Waals surface area (Å²) >= 11 is 5.74. The Labute approximate surface area is 114 Å². The highest BCUT2D eigenvalue weighted by Crippen LogP contribution is 2.20. The topological polar surface area (TPSA) is 70.7 Å². The SMILES string of the molecule is CC(C)c1nc(C(=O)Nc2cc(Cl)ccc2F)n[nH]1. The van der Waals surface area contributed by atoms with Crippen molar-refractivity contribution >= 4 is 23.2 Å². The summed E-state index contributed by atoms with van der Waals surface area (Å²) in [4.78, 5) is 15.9. The van der Waals surface area contributed by atoms with Gasteiger partial charge in [0, 0.05) is 10.9 Å². The summed E-state index contributed by atoms with van der Waals surface area (Å²) in [5.41, 5.74) is -0.00611. The van der Waals surface area contributed by atoms with Gasteiger partial charge in [0.05, 0.1) is 5.69 Å². The number of H-pyrrole nitrogens is 1. The van der Waals surface area contributed by atoms with E-state index in [1.807, 2.05) is 13.8 Å². The van der Waals surface area contributed by atoms with Gasteiger partial charge in [0.15, 0.2) is 0 Å². The molecule has 0 bridgehead atoms. The fourth-order valence-electron chi connectivity index (χ4n) is 1.41. The van der Waals surface area contributed by atoms with E-state index in [9.17, 15) is 9.18 Å². The van der Waals surface area contributed by atoms with Crippen LogP contribution in [0.3, 0.4) is 0 Å². The van der Waals surface area contributed by atoms with Gasteiger partial charge in [0.25, 0.3) is 5.91 Å². The van der Waals surface area contributed by atoms with Gasteiger partial charge in [-0.15, -0.1) is 5.10 Å². The Bertz CT molecular complexity index is 612. The molecular weight excluding hydrogens is 271 g/mol. The highest BCUT2D eigenvalue weighted by atomic mass is 35.5. The molecule has 2 aromatic rings. The molecule has 100 valence electrons. The van der Waals surface area contributed by atoms with Crippen LogP contribution in [0.2, 0.25) is 5.02 Å². The number of carbonyl (C=O) groups excluding carboxylic acids is 1. The normalized spacial score (nSPS) is 10.8. The number of halogens is 2. The molecule has 0 aliphatic heterocycles. The Morgan fingerprint density at radius 1 is 1.47 bits per heavy atom. The highest BCUT2D eigenvalue weighted by Gasteiger charge is 2.15. The second-order valence-electron chi connectivity index (χ2n) is 4.28. The number of rotatable bonds is 3. The van der Waals surface area contributed by atoms with Crippen LogP contribution in [0.4, 0.5) is 10.1 Å². The predicted octanol–water partition coefficient (Wildman–Crippen LogP) is 2.97. The van der Waals surface area contributed by atoms with Crippen molar-refractivity contribution in [1.82, 2.24) is 15.2 Å². The van der Waals surface area contributed by atoms with Gasteiger partial charge >= 0.3 is 0 Å². The van der Waals surface area contributed by atoms with Crippen LogP contribution in [0, 0.1) is 5.82 Å². The molecule has 0 aliphatic rings. The number of hydrogen-bond donors (Lipinski definition) is 2. The lowest BCUT2D eigenvalue weighted by Crippen LogP contribution is -2.14. The molecule has 1 heterocycles. The first-order valence-corrected chi connectivity index (χ1v) is 6.04. The zero-order chi connectivity index (χ0) is 14.0. The van der Waals surface area contributed by atoms with Crippen LogP contribution in [0.25, 0.3) is 0 Å². The number of aromatic nitrogens is 3. The Hall–Kier alpha value is -1.95. The van der Waals surface area contributed by atoms with Gasteiger partial charge in [-0.3, -0.25) is 9.89 Å². The number of nitrogens with one attached hydrogen (secondary N) is 2. The van der Waals surface area contributed by atoms with Crippen LogP contribution in [-0.4, -0.2) is 21.1 Å². The number of nitrogens with zero attached hydrogens (tertiary/aromatic N) is 2. The van der Waals surface area contributed by atoms with Crippen molar-refractivity contribution < 1.29 is 9.18 Å². The number of hydrogen-bond acceptors (Lipinski definition) is 3. The molecule has 1 aromatic carbocycles. The fraction of sp³-hybridized carbons (Fsp3) is 0.250. The minimum absolute atomic E-state index is 0.00611. The standard InChI is InChI=1S/C12H12ClFN4O/c1-6(2)10-16-11(18-17-10)12(19)15-9-5-7(13)3-4-8(9)14/h3-6H,1-2H3,(H,15,19)(H,16,17,18). The van der Waals surface area contributed by atoms with E-state index in [-0.39, 0.29) is 17.4 Å². The van der Waals surface area contributed by atoms with E-state index in [4.69, 9.17) is 11.6 Å². The Kier molecular flexibility index (Phi) is 3.80. The smallest absolute Gasteiger partial charge is 0.295 e. The molecule has 0 unspecified atom stereocenters. The second-order valence-corrected chi connectivity index (χ2v) is 4.71. The Morgan fingerprint density at radius 3 is 2.84 bits per heavy atom. The monoisotopic (exact) mass is 282 g/mol. The molecule has 0 fully saturated rings. The molecule has 7 heteroatoms. The minimum atomic E-state index is -0.593. The third-order valence-corrected chi connectivity index (χ3v) is 2.66. The van der Waals surface area contributed by atoms with Crippen LogP contribution in [0.5, 0.6) is 0 Å². The molecule has 1 amide bonds. The second kappa shape index (κ2) is 5.36. The maximum Gasteiger partial charge on any atom is 0.295 e. The average molecular weight is 283 g/mol. The molecule has 0 spiro atoms. The quantitative estimate of drug-likeness (QED) is 0.909. The molecule has 0 saturated carbocycles. The highest BCUT2D eigenvalue weighted by molar-refractivity contribution is 6.30. The molecule has 0 radical (unpaired) electrons. The summed E-state index contributed by atoms with van der Waals surface area (Å²) in [6, 6.07) is 3.90. The van der Waals surface area contributed by atoms with Crippen LogP contribution >= 0.6 is 11.6 Å². The molecular formula is C12H12ClFN4O. The molecule has 19 heavy (non-hydrogen) atoms. The molecule has 2 rings (SSSR count). The Morgan fingerprint density at radius 2 is 2.21 bits per heavy atom. The van der Waals surface area contributed by atoms with Gasteiger partial charge in [-0.2, -0.15) is 0 Å². The molecule has 0 aliphatic carbocycles. The van der Waals surface area contributed by atoms with E-state index in [2.05, 4.69) is 20.5 Å². The zero-order valence-corrected chi connectivity index (χ0v) is 11.1. The molecule has 0 saturated heterocycles. The summed E-state index contributed by atoms with van der Waals surface area (Å²) in [5.74, 6) is -0.488. The van der Waals surface area contributed by atoms with Gasteiger partial charge in [0.2, 0.25) is 5.82 Å². The molecule has 0 atom stereocenters. The van der Waals surface area contributed by atoms with Crippen LogP contribution < -0.4 is 5.32 Å². The van der Waals surface area contributed by atoms with Crippen LogP contribution in [0.1, 0.15) is 36.2 Å². The first kappa shape index (κ1) is 13.5. The van der Waals surface area contributed by atoms with Crippen molar-refractivity contribution in [3.8, 4) is 0 Å². The van der Waals surface area contributed by atoms with E-state index < -0.39 is 11.7 Å². The number of amides is 1. The zero-order valence-electron chi connectivity index (χ0n) is 10.4. The van der Waals surface area contributed by atoms with Crippen molar-refractivity contribution in [3.05, 3.63) is 40.7 Å². The third kappa shape index (κ3) is 3.08. The van der Waals surface area contributed by atoms with E-state index >= 15 is 0 Å². The average Bonchev–Trinajstić information content (AvgIpc) is 2.83. The van der Waals surface area contributed by atoms with Crippen molar-refractivity contribution in [2.24, 2.45) is 0 Å². The lowest BCUT2D eigenvalue weighted by atomic mass is 10.2. The number of benzene rings is 1. The van der Waals surface area contributed by atoms with Gasteiger partial charge in [-0.05, 0) is 18.2 Å². The van der Waals surface area contributed by atoms with Gasteiger partial charge < -0.3 is 5.32 Å². The van der Waals surface area contributed by atoms with Gasteiger partial charge in [0.1, 0.15) is 11.6 Å². The lowest BCUT2D eigenvalue weighted by molar-refractivity contribution is 0.101. The van der Waals surface area contributed by atoms with Crippen molar-refractivity contribution in [2.45, 2.75) is 19.8 Å². The van der Waals surface area contributed by atoms with E-state index in [1.54, 1.807) is 0 Å². The third-order valence-electron chi connectivity index (χ3n) is 2.43. The van der Waals surface area contributed by atoms with Gasteiger partial charge in [-0.1, -0.05) is 25.4 Å². The summed E-state index contributed by atoms with van der Waals surface area (Å²) in [7, 11) is 0. The van der Waals surface area contributed by atoms with Crippen molar-refractivity contribution in [1.29, 1.82) is 0 Å². The summed E-state index contributed by atoms with van der Waals surface area (Å²) in [5, 5.41) is 9.14. The Balaban J connectivity index is 2.18. The summed E-state index contributed by atoms with van der Waals surface area (Å²) < 4.78 is 13.5. The van der Waals surface area contributed by atoms with E-state index in [0.717, 1.165) is 0 Å². The fourth-order valence-corrected chi connectivity index (χ4v) is 1.58. The number of aromatic amines is 1. The summed E-state index contributed by atoms with van der Waals surface area (Å²) in [6.45, 7) is 3.83. The number of carbonyl (C=O) groups is 1. The first-order chi connectivity index (χ1) is 8.97. The number of anilines is 1. The maximum atomic E-state index is 13.5. The van der Waals surface area contributed by atoms with Crippen LogP contribution in [-0.2, 0) is 0 Å². The van der Waals surface area contributed by atoms with Crippen molar-refractivity contribution in [2.75, 3.05) is 5.32 Å². The molecule has 2 N–H and O–H groups in total. The van der Waals surface area contributed by atoms with Crippen molar-refractivity contribution in [3.63, 3.8) is 0 Å². The molecule has 1 aromatic heterocycles. The molecule has 5 nitrogen and oxygen atoms in total. The minimum Gasteiger partial charge on any atom is -0.317 e. The summed E-state index contributed by atoms with van der Waals surface area (Å²) in [6.07, 6.45) is 0. The van der Waals surface area contributed by atoms with E-state index in [0.29, 0.717) is 10.8 Å². The largest absolute Gasteiger partial charge is 0.317 e. The first-order valence-electron chi connectivity index (χ1n) is 5.66. The predicted molar refractivity (Wildman–Crippen MR) is 69.8 cm³/mol. The lowest BCUT2D eigenvalue weighted by Gasteiger charge is -2.04.